The zero-order valence-corrected chi connectivity index (χ0v) is 10.8. The molecule has 3 rings (SSSR count). The van der Waals surface area contributed by atoms with Crippen LogP contribution in [-0.4, -0.2) is 29.8 Å². The molecule has 19 heavy (non-hydrogen) atoms. The number of morpholine rings is 1. The Morgan fingerprint density at radius 2 is 2.16 bits per heavy atom. The summed E-state index contributed by atoms with van der Waals surface area (Å²) >= 11 is 0. The highest BCUT2D eigenvalue weighted by atomic mass is 35.5. The number of nitrogens with one attached hydrogen (secondary N) is 1. The lowest BCUT2D eigenvalue weighted by molar-refractivity contribution is 0.00755. The van der Waals surface area contributed by atoms with E-state index in [9.17, 15) is 4.39 Å². The molecule has 1 saturated heterocycles. The molecule has 1 fully saturated rings. The van der Waals surface area contributed by atoms with Crippen LogP contribution < -0.4 is 5.32 Å². The molecule has 1 atom stereocenters. The fourth-order valence-electron chi connectivity index (χ4n) is 1.84. The molecule has 1 aliphatic rings. The minimum atomic E-state index is -0.368. The Morgan fingerprint density at radius 1 is 1.32 bits per heavy atom. The van der Waals surface area contributed by atoms with Crippen molar-refractivity contribution in [1.29, 1.82) is 0 Å². The molecule has 1 aromatic heterocycles. The van der Waals surface area contributed by atoms with Gasteiger partial charge >= 0.3 is 0 Å². The van der Waals surface area contributed by atoms with Crippen molar-refractivity contribution in [1.82, 2.24) is 15.5 Å². The predicted octanol–water partition coefficient (Wildman–Crippen LogP) is 1.96. The second-order valence-corrected chi connectivity index (χ2v) is 4.00. The number of aromatic nitrogens is 2. The maximum Gasteiger partial charge on any atom is 0.257 e. The third-order valence-corrected chi connectivity index (χ3v) is 2.76. The summed E-state index contributed by atoms with van der Waals surface area (Å²) in [5.74, 6) is 0.255. The van der Waals surface area contributed by atoms with Crippen LogP contribution in [0.1, 0.15) is 12.0 Å². The van der Waals surface area contributed by atoms with E-state index in [0.717, 1.165) is 6.54 Å². The average Bonchev–Trinajstić information content (AvgIpc) is 2.90. The molecule has 0 bridgehead atoms. The Balaban J connectivity index is 0.00000133. The highest BCUT2D eigenvalue weighted by molar-refractivity contribution is 5.85. The molecular formula is C12H13ClFN3O2. The van der Waals surface area contributed by atoms with Crippen LogP contribution in [0.25, 0.3) is 11.4 Å². The van der Waals surface area contributed by atoms with Gasteiger partial charge in [-0.25, -0.2) is 4.39 Å². The molecule has 2 heterocycles. The van der Waals surface area contributed by atoms with E-state index in [-0.39, 0.29) is 30.2 Å². The number of hydrogen-bond donors (Lipinski definition) is 1. The van der Waals surface area contributed by atoms with E-state index in [1.807, 2.05) is 0 Å². The lowest BCUT2D eigenvalue weighted by Crippen LogP contribution is -2.33. The van der Waals surface area contributed by atoms with E-state index in [1.165, 1.54) is 6.07 Å². The largest absolute Gasteiger partial charge is 0.366 e. The number of hydrogen-bond acceptors (Lipinski definition) is 5. The van der Waals surface area contributed by atoms with Gasteiger partial charge in [-0.1, -0.05) is 17.3 Å². The van der Waals surface area contributed by atoms with Gasteiger partial charge in [-0.3, -0.25) is 0 Å². The van der Waals surface area contributed by atoms with Gasteiger partial charge in [0.1, 0.15) is 11.9 Å². The Morgan fingerprint density at radius 3 is 2.89 bits per heavy atom. The fourth-order valence-corrected chi connectivity index (χ4v) is 1.84. The molecule has 5 nitrogen and oxygen atoms in total. The number of rotatable bonds is 2. The quantitative estimate of drug-likeness (QED) is 0.914. The molecular weight excluding hydrogens is 273 g/mol. The van der Waals surface area contributed by atoms with Crippen LogP contribution in [0.3, 0.4) is 0 Å². The summed E-state index contributed by atoms with van der Waals surface area (Å²) in [5.41, 5.74) is 0.330. The van der Waals surface area contributed by atoms with E-state index in [1.54, 1.807) is 18.2 Å². The first-order valence-corrected chi connectivity index (χ1v) is 5.75. The lowest BCUT2D eigenvalue weighted by atomic mass is 10.2. The molecule has 1 aliphatic heterocycles. The molecule has 1 N–H and O–H groups in total. The maximum absolute atomic E-state index is 13.6. The van der Waals surface area contributed by atoms with E-state index >= 15 is 0 Å². The molecule has 7 heteroatoms. The van der Waals surface area contributed by atoms with Crippen molar-refractivity contribution in [3.8, 4) is 11.4 Å². The summed E-state index contributed by atoms with van der Waals surface area (Å²) in [5, 5.41) is 6.96. The van der Waals surface area contributed by atoms with Gasteiger partial charge in [0.25, 0.3) is 5.89 Å². The van der Waals surface area contributed by atoms with E-state index in [4.69, 9.17) is 9.26 Å². The smallest absolute Gasteiger partial charge is 0.257 e. The molecule has 1 unspecified atom stereocenters. The highest BCUT2D eigenvalue weighted by Gasteiger charge is 2.23. The van der Waals surface area contributed by atoms with Crippen LogP contribution in [0.15, 0.2) is 28.8 Å². The predicted molar refractivity (Wildman–Crippen MR) is 68.5 cm³/mol. The molecule has 0 spiro atoms. The minimum Gasteiger partial charge on any atom is -0.366 e. The van der Waals surface area contributed by atoms with Crippen LogP contribution in [0.4, 0.5) is 4.39 Å². The Kier molecular flexibility index (Phi) is 4.47. The van der Waals surface area contributed by atoms with E-state index in [2.05, 4.69) is 15.5 Å². The summed E-state index contributed by atoms with van der Waals surface area (Å²) in [6.45, 7) is 2.03. The maximum atomic E-state index is 13.6. The van der Waals surface area contributed by atoms with Gasteiger partial charge in [0, 0.05) is 13.1 Å². The zero-order chi connectivity index (χ0) is 12.4. The number of halogens is 2. The Bertz CT molecular complexity index is 543. The third-order valence-electron chi connectivity index (χ3n) is 2.76. The number of benzene rings is 1. The van der Waals surface area contributed by atoms with Gasteiger partial charge in [-0.15, -0.1) is 12.4 Å². The van der Waals surface area contributed by atoms with Gasteiger partial charge in [0.15, 0.2) is 0 Å². The van der Waals surface area contributed by atoms with Gasteiger partial charge < -0.3 is 14.6 Å². The summed E-state index contributed by atoms with van der Waals surface area (Å²) < 4.78 is 24.2. The molecule has 102 valence electrons. The topological polar surface area (TPSA) is 60.2 Å². The van der Waals surface area contributed by atoms with Crippen LogP contribution in [0, 0.1) is 5.82 Å². The standard InChI is InChI=1S/C12H12FN3O2.ClH/c13-9-4-2-1-3-8(9)11-15-12(18-16-11)10-7-14-5-6-17-10;/h1-4,10,14H,5-7H2;1H. The van der Waals surface area contributed by atoms with Crippen LogP contribution in [-0.2, 0) is 4.74 Å². The van der Waals surface area contributed by atoms with Gasteiger partial charge in [0.2, 0.25) is 5.82 Å². The van der Waals surface area contributed by atoms with Crippen LogP contribution >= 0.6 is 12.4 Å². The van der Waals surface area contributed by atoms with Gasteiger partial charge in [-0.2, -0.15) is 4.98 Å². The normalized spacial score (nSPS) is 18.9. The van der Waals surface area contributed by atoms with Crippen molar-refractivity contribution in [3.05, 3.63) is 36.0 Å². The zero-order valence-electron chi connectivity index (χ0n) is 10.0. The Hall–Kier alpha value is -1.50. The minimum absolute atomic E-state index is 0. The summed E-state index contributed by atoms with van der Waals surface area (Å²) in [6, 6.07) is 6.33. The van der Waals surface area contributed by atoms with Gasteiger partial charge in [-0.05, 0) is 12.1 Å². The molecule has 2 aromatic rings. The van der Waals surface area contributed by atoms with Crippen molar-refractivity contribution in [2.75, 3.05) is 19.7 Å². The van der Waals surface area contributed by atoms with Crippen molar-refractivity contribution in [2.45, 2.75) is 6.10 Å². The number of nitrogens with zero attached hydrogens (tertiary/aromatic N) is 2. The van der Waals surface area contributed by atoms with Gasteiger partial charge in [0.05, 0.1) is 12.2 Å². The first-order valence-electron chi connectivity index (χ1n) is 5.75. The third kappa shape index (κ3) is 2.91. The molecule has 0 saturated carbocycles. The van der Waals surface area contributed by atoms with Crippen molar-refractivity contribution in [3.63, 3.8) is 0 Å². The highest BCUT2D eigenvalue weighted by Crippen LogP contribution is 2.23. The van der Waals surface area contributed by atoms with Crippen molar-refractivity contribution < 1.29 is 13.7 Å². The molecule has 1 aromatic carbocycles. The molecule has 0 amide bonds. The van der Waals surface area contributed by atoms with Crippen LogP contribution in [0.2, 0.25) is 0 Å². The van der Waals surface area contributed by atoms with Crippen LogP contribution in [0.5, 0.6) is 0 Å². The van der Waals surface area contributed by atoms with Crippen molar-refractivity contribution in [2.24, 2.45) is 0 Å². The summed E-state index contributed by atoms with van der Waals surface area (Å²) in [4.78, 5) is 4.18. The van der Waals surface area contributed by atoms with E-state index in [0.29, 0.717) is 24.6 Å². The fraction of sp³-hybridized carbons (Fsp3) is 0.333. The SMILES string of the molecule is Cl.Fc1ccccc1-c1noc(C2CNCCO2)n1. The molecule has 0 aliphatic carbocycles. The number of ether oxygens (including phenoxy) is 1. The second-order valence-electron chi connectivity index (χ2n) is 4.00. The lowest BCUT2D eigenvalue weighted by Gasteiger charge is -2.19. The van der Waals surface area contributed by atoms with Crippen molar-refractivity contribution >= 4 is 12.4 Å². The Labute approximate surface area is 115 Å². The first kappa shape index (κ1) is 13.9. The summed E-state index contributed by atoms with van der Waals surface area (Å²) in [7, 11) is 0. The first-order chi connectivity index (χ1) is 8.84. The summed E-state index contributed by atoms with van der Waals surface area (Å²) in [6.07, 6.45) is -0.258. The average molecular weight is 286 g/mol. The second kappa shape index (κ2) is 6.10. The molecule has 0 radical (unpaired) electrons. The monoisotopic (exact) mass is 285 g/mol. The van der Waals surface area contributed by atoms with E-state index < -0.39 is 0 Å².